The van der Waals surface area contributed by atoms with Gasteiger partial charge in [0.05, 0.1) is 11.7 Å². The Balaban J connectivity index is 2.11. The number of anilines is 2. The molecule has 0 bridgehead atoms. The van der Waals surface area contributed by atoms with E-state index in [1.165, 1.54) is 4.90 Å². The maximum atomic E-state index is 10.9. The predicted octanol–water partition coefficient (Wildman–Crippen LogP) is 2.22. The van der Waals surface area contributed by atoms with Gasteiger partial charge < -0.3 is 20.6 Å². The van der Waals surface area contributed by atoms with Crippen LogP contribution in [0.2, 0.25) is 0 Å². The largest absolute Gasteiger partial charge is 0.465 e. The number of amides is 1. The van der Waals surface area contributed by atoms with E-state index in [1.807, 2.05) is 18.2 Å². The van der Waals surface area contributed by atoms with Crippen molar-refractivity contribution in [2.45, 2.75) is 12.5 Å². The summed E-state index contributed by atoms with van der Waals surface area (Å²) in [5.74, 6) is 0. The summed E-state index contributed by atoms with van der Waals surface area (Å²) in [6.07, 6.45) is -0.0298. The van der Waals surface area contributed by atoms with Crippen LogP contribution in [0, 0.1) is 0 Å². The highest BCUT2D eigenvalue weighted by atomic mass is 79.9. The van der Waals surface area contributed by atoms with Crippen LogP contribution in [-0.2, 0) is 0 Å². The fourth-order valence-corrected chi connectivity index (χ4v) is 2.86. The van der Waals surface area contributed by atoms with Crippen molar-refractivity contribution >= 4 is 33.4 Å². The molecule has 1 amide bonds. The van der Waals surface area contributed by atoms with Crippen LogP contribution in [0.15, 0.2) is 22.7 Å². The molecular formula is C12H16BrN3O2. The minimum absolute atomic E-state index is 0.0481. The number of hydrogen-bond acceptors (Lipinski definition) is 3. The van der Waals surface area contributed by atoms with Crippen LogP contribution in [-0.4, -0.2) is 42.3 Å². The summed E-state index contributed by atoms with van der Waals surface area (Å²) in [6, 6.07) is 5.73. The Bertz CT molecular complexity index is 467. The molecule has 3 N–H and O–H groups in total. The molecule has 1 saturated heterocycles. The van der Waals surface area contributed by atoms with Crippen LogP contribution in [0.5, 0.6) is 0 Å². The monoisotopic (exact) mass is 313 g/mol. The van der Waals surface area contributed by atoms with E-state index in [0.717, 1.165) is 23.1 Å². The van der Waals surface area contributed by atoms with Gasteiger partial charge in [0, 0.05) is 30.3 Å². The quantitative estimate of drug-likeness (QED) is 0.821. The number of rotatable bonds is 2. The van der Waals surface area contributed by atoms with Crippen molar-refractivity contribution in [3.63, 3.8) is 0 Å². The summed E-state index contributed by atoms with van der Waals surface area (Å²) in [4.78, 5) is 14.5. The van der Waals surface area contributed by atoms with Gasteiger partial charge in [-0.05, 0) is 40.5 Å². The first-order chi connectivity index (χ1) is 8.49. The van der Waals surface area contributed by atoms with E-state index in [4.69, 9.17) is 10.8 Å². The first-order valence-corrected chi connectivity index (χ1v) is 6.54. The number of nitrogens with zero attached hydrogens (tertiary/aromatic N) is 2. The second kappa shape index (κ2) is 5.06. The summed E-state index contributed by atoms with van der Waals surface area (Å²) >= 11 is 3.49. The van der Waals surface area contributed by atoms with Crippen molar-refractivity contribution in [3.8, 4) is 0 Å². The molecule has 5 nitrogen and oxygen atoms in total. The third-order valence-electron chi connectivity index (χ3n) is 3.33. The minimum Gasteiger partial charge on any atom is -0.465 e. The van der Waals surface area contributed by atoms with Gasteiger partial charge in [0.2, 0.25) is 0 Å². The van der Waals surface area contributed by atoms with Gasteiger partial charge in [-0.2, -0.15) is 0 Å². The first-order valence-electron chi connectivity index (χ1n) is 5.75. The van der Waals surface area contributed by atoms with Crippen molar-refractivity contribution < 1.29 is 9.90 Å². The molecule has 6 heteroatoms. The maximum absolute atomic E-state index is 10.9. The SMILES string of the molecule is CN(C(=O)O)C1CCN(c2ccc(N)cc2Br)C1. The van der Waals surface area contributed by atoms with Crippen molar-refractivity contribution in [2.75, 3.05) is 30.8 Å². The lowest BCUT2D eigenvalue weighted by Gasteiger charge is -2.23. The molecule has 0 aromatic heterocycles. The van der Waals surface area contributed by atoms with Crippen molar-refractivity contribution in [2.24, 2.45) is 0 Å². The molecule has 1 unspecified atom stereocenters. The molecule has 0 radical (unpaired) electrons. The Kier molecular flexibility index (Phi) is 3.65. The zero-order valence-electron chi connectivity index (χ0n) is 10.1. The highest BCUT2D eigenvalue weighted by Crippen LogP contribution is 2.31. The van der Waals surface area contributed by atoms with Crippen LogP contribution in [0.25, 0.3) is 0 Å². The summed E-state index contributed by atoms with van der Waals surface area (Å²) in [5.41, 5.74) is 7.48. The molecule has 1 aliphatic rings. The Labute approximate surface area is 114 Å². The lowest BCUT2D eigenvalue weighted by Crippen LogP contribution is -2.38. The van der Waals surface area contributed by atoms with E-state index in [-0.39, 0.29) is 6.04 Å². The minimum atomic E-state index is -0.877. The lowest BCUT2D eigenvalue weighted by atomic mass is 10.2. The van der Waals surface area contributed by atoms with E-state index in [1.54, 1.807) is 7.05 Å². The first kappa shape index (κ1) is 13.0. The standard InChI is InChI=1S/C12H16BrN3O2/c1-15(12(17)18)9-4-5-16(7-9)11-3-2-8(14)6-10(11)13/h2-3,6,9H,4-5,7,14H2,1H3,(H,17,18). The van der Waals surface area contributed by atoms with Crippen molar-refractivity contribution in [1.29, 1.82) is 0 Å². The Morgan fingerprint density at radius 3 is 2.94 bits per heavy atom. The molecule has 2 rings (SSSR count). The normalized spacial score (nSPS) is 19.0. The van der Waals surface area contributed by atoms with Crippen LogP contribution >= 0.6 is 15.9 Å². The van der Waals surface area contributed by atoms with Gasteiger partial charge in [-0.3, -0.25) is 0 Å². The average molecular weight is 314 g/mol. The van der Waals surface area contributed by atoms with Crippen molar-refractivity contribution in [3.05, 3.63) is 22.7 Å². The summed E-state index contributed by atoms with van der Waals surface area (Å²) in [6.45, 7) is 1.57. The maximum Gasteiger partial charge on any atom is 0.407 e. The van der Waals surface area contributed by atoms with Gasteiger partial charge in [0.25, 0.3) is 0 Å². The van der Waals surface area contributed by atoms with Gasteiger partial charge in [-0.15, -0.1) is 0 Å². The number of carboxylic acid groups (broad SMARTS) is 1. The van der Waals surface area contributed by atoms with Gasteiger partial charge in [-0.25, -0.2) is 4.79 Å². The Hall–Kier alpha value is -1.43. The summed E-state index contributed by atoms with van der Waals surface area (Å²) in [7, 11) is 1.62. The summed E-state index contributed by atoms with van der Waals surface area (Å²) < 4.78 is 0.945. The molecule has 0 saturated carbocycles. The molecule has 1 aromatic carbocycles. The number of carbonyl (C=O) groups is 1. The number of likely N-dealkylation sites (N-methyl/N-ethyl adjacent to an activating group) is 1. The zero-order chi connectivity index (χ0) is 13.3. The van der Waals surface area contributed by atoms with Gasteiger partial charge in [-0.1, -0.05) is 0 Å². The highest BCUT2D eigenvalue weighted by molar-refractivity contribution is 9.10. The smallest absolute Gasteiger partial charge is 0.407 e. The lowest BCUT2D eigenvalue weighted by molar-refractivity contribution is 0.142. The second-order valence-corrected chi connectivity index (χ2v) is 5.35. The molecule has 0 spiro atoms. The van der Waals surface area contributed by atoms with Gasteiger partial charge in [0.1, 0.15) is 0 Å². The number of nitrogens with two attached hydrogens (primary N) is 1. The molecule has 0 aliphatic carbocycles. The predicted molar refractivity (Wildman–Crippen MR) is 75.0 cm³/mol. The third kappa shape index (κ3) is 2.53. The van der Waals surface area contributed by atoms with Gasteiger partial charge in [0.15, 0.2) is 0 Å². The molecule has 1 aromatic rings. The Morgan fingerprint density at radius 2 is 2.33 bits per heavy atom. The number of nitrogen functional groups attached to an aromatic ring is 1. The number of benzene rings is 1. The van der Waals surface area contributed by atoms with Crippen molar-refractivity contribution in [1.82, 2.24) is 4.90 Å². The van der Waals surface area contributed by atoms with E-state index >= 15 is 0 Å². The molecule has 1 fully saturated rings. The molecule has 18 heavy (non-hydrogen) atoms. The molecule has 1 heterocycles. The molecular weight excluding hydrogens is 298 g/mol. The third-order valence-corrected chi connectivity index (χ3v) is 3.96. The van der Waals surface area contributed by atoms with Crippen LogP contribution < -0.4 is 10.6 Å². The zero-order valence-corrected chi connectivity index (χ0v) is 11.7. The fourth-order valence-electron chi connectivity index (χ4n) is 2.21. The topological polar surface area (TPSA) is 69.8 Å². The summed E-state index contributed by atoms with van der Waals surface area (Å²) in [5, 5.41) is 8.97. The van der Waals surface area contributed by atoms with Crippen LogP contribution in [0.3, 0.4) is 0 Å². The molecule has 1 atom stereocenters. The van der Waals surface area contributed by atoms with Gasteiger partial charge >= 0.3 is 6.09 Å². The number of halogens is 1. The molecule has 1 aliphatic heterocycles. The van der Waals surface area contributed by atoms with E-state index < -0.39 is 6.09 Å². The van der Waals surface area contributed by atoms with E-state index in [9.17, 15) is 4.79 Å². The Morgan fingerprint density at radius 1 is 1.61 bits per heavy atom. The fraction of sp³-hybridized carbons (Fsp3) is 0.417. The highest BCUT2D eigenvalue weighted by Gasteiger charge is 2.29. The van der Waals surface area contributed by atoms with E-state index in [2.05, 4.69) is 20.8 Å². The average Bonchev–Trinajstić information content (AvgIpc) is 2.77. The second-order valence-electron chi connectivity index (χ2n) is 4.49. The number of hydrogen-bond donors (Lipinski definition) is 2. The van der Waals surface area contributed by atoms with Crippen LogP contribution in [0.4, 0.5) is 16.2 Å². The van der Waals surface area contributed by atoms with E-state index in [0.29, 0.717) is 12.2 Å². The molecule has 98 valence electrons. The van der Waals surface area contributed by atoms with Crippen LogP contribution in [0.1, 0.15) is 6.42 Å².